The Balaban J connectivity index is 0.000000218. The van der Waals surface area contributed by atoms with Gasteiger partial charge in [-0.2, -0.15) is 10.2 Å². The fourth-order valence-electron chi connectivity index (χ4n) is 12.4. The highest BCUT2D eigenvalue weighted by Gasteiger charge is 2.57. The third kappa shape index (κ3) is 27.3. The van der Waals surface area contributed by atoms with E-state index in [1.807, 2.05) is 37.3 Å². The minimum Gasteiger partial charge on any atom is -0.480 e. The second kappa shape index (κ2) is 45.3. The largest absolute Gasteiger partial charge is 0.480 e. The highest BCUT2D eigenvalue weighted by Crippen LogP contribution is 2.50. The molecule has 4 fully saturated rings. The van der Waals surface area contributed by atoms with Crippen LogP contribution in [0.3, 0.4) is 0 Å². The average Bonchev–Trinajstić information content (AvgIpc) is 1.59. The summed E-state index contributed by atoms with van der Waals surface area (Å²) in [6.07, 6.45) is 9.49. The van der Waals surface area contributed by atoms with Gasteiger partial charge in [0.05, 0.1) is 23.1 Å². The average molecular weight is 1880 g/mol. The molecule has 2 saturated carbocycles. The normalized spacial score (nSPS) is 16.9. The van der Waals surface area contributed by atoms with Crippen molar-refractivity contribution in [2.24, 2.45) is 11.8 Å². The van der Waals surface area contributed by atoms with Gasteiger partial charge in [-0.3, -0.25) is 43.0 Å². The SMILES string of the molecule is C.C/C(=C(/F)CCC(=O)[C@@H]1C[C@H]2C[C@H]2N1C(=O)OC(C)(C)C)c1cccc(Cl)c1.CC(=O)c1nn(CC(=O)N2[C@@H]3C[C@@H]3C[C@H]2C(=O)CC/C(F)=C(\C)c2cccc(Cl)c2)c2ccc(-c3cnc(C)nc3)cc12.CC(=O)c1nn(CC(=O)O)c2ccc(-c3cnc(C)nc3)cc12.S=S=S=S=S=S=S=S.S=S=S=S=S=S=S=S=S. The predicted octanol–water partition coefficient (Wildman–Crippen LogP) is 14.9. The molecule has 2 saturated heterocycles. The number of likely N-dealkylation sites (tertiary alicyclic amines) is 2. The lowest BCUT2D eigenvalue weighted by Gasteiger charge is -2.29. The zero-order valence-corrected chi connectivity index (χ0v) is 76.0. The molecule has 19 nitrogen and oxygen atoms in total. The van der Waals surface area contributed by atoms with Crippen molar-refractivity contribution in [3.8, 4) is 22.3 Å². The first-order chi connectivity index (χ1) is 52.9. The van der Waals surface area contributed by atoms with E-state index in [0.29, 0.717) is 84.5 Å². The van der Waals surface area contributed by atoms with E-state index in [-0.39, 0.29) is 116 Å². The number of Topliss-reactive ketones (excluding diaryl/α,β-unsaturated/α-hetero) is 4. The molecule has 598 valence electrons. The number of fused-ring (bicyclic) bond motifs is 4. The first-order valence-corrected chi connectivity index (χ1v) is 54.3. The van der Waals surface area contributed by atoms with Gasteiger partial charge in [-0.05, 0) is 168 Å². The third-order valence-corrected chi connectivity index (χ3v) is 42.5. The summed E-state index contributed by atoms with van der Waals surface area (Å²) in [5.41, 5.74) is 6.77. The van der Waals surface area contributed by atoms with Crippen LogP contribution < -0.4 is 0 Å². The highest BCUT2D eigenvalue weighted by atomic mass is 35.5. The molecule has 4 aromatic carbocycles. The van der Waals surface area contributed by atoms with Gasteiger partial charge in [-0.15, -0.1) is 0 Å². The Morgan fingerprint density at radius 2 is 0.893 bits per heavy atom. The van der Waals surface area contributed by atoms with Crippen LogP contribution >= 0.6 is 23.2 Å². The minimum absolute atomic E-state index is 0. The van der Waals surface area contributed by atoms with Gasteiger partial charge in [-0.25, -0.2) is 33.5 Å². The number of carboxylic acids is 1. The predicted molar refractivity (Wildman–Crippen MR) is 485 cm³/mol. The molecule has 1 N–H and O–H groups in total. The van der Waals surface area contributed by atoms with E-state index in [9.17, 15) is 38.0 Å². The summed E-state index contributed by atoms with van der Waals surface area (Å²) in [7, 11) is 20.0. The van der Waals surface area contributed by atoms with Crippen molar-refractivity contribution < 1.29 is 52.2 Å². The van der Waals surface area contributed by atoms with Crippen LogP contribution in [-0.4, -0.2) is 125 Å². The summed E-state index contributed by atoms with van der Waals surface area (Å²) in [5.74, 6) is -0.630. The fourth-order valence-corrected chi connectivity index (χ4v) is 37.4. The first-order valence-electron chi connectivity index (χ1n) is 33.6. The van der Waals surface area contributed by atoms with E-state index in [0.717, 1.165) is 35.1 Å². The Bertz CT molecular complexity index is 5570. The fraction of sp³-hybridized carbons (Fsp3) is 0.375. The lowest BCUT2D eigenvalue weighted by atomic mass is 10.00. The van der Waals surface area contributed by atoms with Crippen LogP contribution in [0.25, 0.3) is 55.2 Å². The summed E-state index contributed by atoms with van der Waals surface area (Å²) in [6, 6.07) is 23.9. The molecule has 6 heterocycles. The Hall–Kier alpha value is -5.47. The quantitative estimate of drug-likeness (QED) is 0.0785. The summed E-state index contributed by atoms with van der Waals surface area (Å²) >= 11 is 30.5. The van der Waals surface area contributed by atoms with Crippen LogP contribution in [0.1, 0.15) is 151 Å². The third-order valence-electron chi connectivity index (χ3n) is 17.6. The van der Waals surface area contributed by atoms with Gasteiger partial charge >= 0.3 is 12.1 Å². The molecule has 112 heavy (non-hydrogen) atoms. The summed E-state index contributed by atoms with van der Waals surface area (Å²) in [5, 5.41) is 19.9. The number of hydrogen-bond donors (Lipinski definition) is 1. The monoisotopic (exact) mass is 1880 g/mol. The van der Waals surface area contributed by atoms with Gasteiger partial charge < -0.3 is 14.7 Å². The summed E-state index contributed by atoms with van der Waals surface area (Å²) in [6.45, 7) is 14.8. The number of rotatable bonds is 18. The lowest BCUT2D eigenvalue weighted by molar-refractivity contribution is -0.139. The van der Waals surface area contributed by atoms with Crippen molar-refractivity contribution in [3.05, 3.63) is 166 Å². The molecule has 4 aliphatic rings. The van der Waals surface area contributed by atoms with E-state index in [2.05, 4.69) is 74.9 Å². The van der Waals surface area contributed by atoms with Gasteiger partial charge in [0.2, 0.25) is 5.91 Å². The number of carboxylic acid groups (broad SMARTS) is 1. The molecular formula is C72H76Cl2F2N10O9S17. The molecule has 0 radical (unpaired) electrons. The number of benzene rings is 4. The summed E-state index contributed by atoms with van der Waals surface area (Å²) in [4.78, 5) is 108. The number of allylic oxidation sites excluding steroid dienone is 4. The van der Waals surface area contributed by atoms with Gasteiger partial charge in [0, 0.05) is 269 Å². The van der Waals surface area contributed by atoms with E-state index >= 15 is 4.39 Å². The molecule has 0 unspecified atom stereocenters. The molecule has 8 aromatic rings. The molecule has 12 rings (SSSR count). The molecule has 40 heteroatoms. The molecule has 0 spiro atoms. The maximum Gasteiger partial charge on any atom is 0.411 e. The second-order valence-electron chi connectivity index (χ2n) is 26.2. The summed E-state index contributed by atoms with van der Waals surface area (Å²) < 4.78 is 38.0. The number of nitrogens with zero attached hydrogens (tertiary/aromatic N) is 10. The zero-order chi connectivity index (χ0) is 80.8. The smallest absolute Gasteiger partial charge is 0.411 e. The Kier molecular flexibility index (Phi) is 37.9. The van der Waals surface area contributed by atoms with Gasteiger partial charge in [0.1, 0.15) is 53.4 Å². The van der Waals surface area contributed by atoms with Crippen LogP contribution in [0.15, 0.2) is 121 Å². The number of aromatic nitrogens is 8. The molecule has 2 aliphatic heterocycles. The van der Waals surface area contributed by atoms with Crippen LogP contribution in [0.5, 0.6) is 0 Å². The van der Waals surface area contributed by atoms with E-state index in [4.69, 9.17) is 33.0 Å². The Morgan fingerprint density at radius 3 is 1.26 bits per heavy atom. The zero-order valence-electron chi connectivity index (χ0n) is 60.6. The number of piperidine rings is 2. The van der Waals surface area contributed by atoms with Crippen LogP contribution in [0, 0.1) is 25.7 Å². The molecular weight excluding hydrogens is 1800 g/mol. The van der Waals surface area contributed by atoms with Crippen molar-refractivity contribution in [1.82, 2.24) is 49.3 Å². The van der Waals surface area contributed by atoms with E-state index in [1.54, 1.807) is 211 Å². The van der Waals surface area contributed by atoms with Crippen LogP contribution in [0.2, 0.25) is 10.0 Å². The van der Waals surface area contributed by atoms with Crippen molar-refractivity contribution in [2.75, 3.05) is 0 Å². The van der Waals surface area contributed by atoms with Crippen molar-refractivity contribution in [1.29, 1.82) is 0 Å². The number of aryl methyl sites for hydroxylation is 2. The maximum absolute atomic E-state index is 15.0. The van der Waals surface area contributed by atoms with Crippen LogP contribution in [-0.2, 0) is 197 Å². The van der Waals surface area contributed by atoms with E-state index < -0.39 is 29.7 Å². The highest BCUT2D eigenvalue weighted by molar-refractivity contribution is 8.72. The van der Waals surface area contributed by atoms with Gasteiger partial charge in [-0.1, -0.05) is 67.0 Å². The van der Waals surface area contributed by atoms with Crippen LogP contribution in [0.4, 0.5) is 13.6 Å². The van der Waals surface area contributed by atoms with Crippen molar-refractivity contribution in [3.63, 3.8) is 0 Å². The number of halogens is 4. The van der Waals surface area contributed by atoms with E-state index in [1.165, 1.54) is 58.7 Å². The molecule has 0 bridgehead atoms. The number of aliphatic carboxylic acids is 1. The number of carbonyl (C=O) groups excluding carboxylic acids is 6. The second-order valence-corrected chi connectivity index (χ2v) is 50.1. The molecule has 2 amide bonds. The van der Waals surface area contributed by atoms with Crippen molar-refractivity contribution >= 4 is 257 Å². The molecule has 4 aromatic heterocycles. The van der Waals surface area contributed by atoms with Gasteiger partial charge in [0.15, 0.2) is 23.1 Å². The van der Waals surface area contributed by atoms with Gasteiger partial charge in [0.25, 0.3) is 0 Å². The Labute approximate surface area is 714 Å². The lowest BCUT2D eigenvalue weighted by Crippen LogP contribution is -2.45. The van der Waals surface area contributed by atoms with Crippen molar-refractivity contribution in [2.45, 2.75) is 164 Å². The number of amides is 2. The molecule has 2 aliphatic carbocycles. The topological polar surface area (TPSA) is 243 Å². The number of ether oxygens (including phenoxy) is 1. The number of carbonyl (C=O) groups is 7. The standard InChI is InChI=1S/C33H31ClFN5O3.C22H27ClFNO3.C16H14N4O3.CH4.S9.S8/c1-18(21-5-4-6-25(34)11-21)27(35)8-10-31(42)30-14-23-13-29(23)40(30)32(43)17-39-28-9-7-22(24-15-36-20(3)37-16-24)12-26(28)33(38-39)19(2)41;1-13(14-6-5-7-16(23)10-14)17(24)8-9-20(26)19-12-15-11-18(15)25(19)21(27)28-22(2,3)4;1-9(21)16-13-5-11(12-6-17-10(2)18-7-12)3-4-14(13)20(19-16)8-15(22)23;;1-3-5-7-9-8-6-4-2;1-3-5-7-8-6-4-2/h4-7,9,11-12,15-16,23,29-30H,8,10,13-14,17H2,1-3H3;5-7,10,15,18-19H,8-9,11-12H2,1-4H3;3-7H,8H2,1-2H3,(H,22,23);1H4;;/b27-18-;17-13-;;;;/t23-,29-,30+;15-,18-,19+;;;;/m11..../s1. The number of hydrogen-bond acceptors (Lipinski definition) is 18. The minimum atomic E-state index is -1.01. The number of ketones is 4. The Morgan fingerprint density at radius 1 is 0.518 bits per heavy atom. The first kappa shape index (κ1) is 93.7. The maximum atomic E-state index is 15.0. The molecule has 6 atom stereocenters.